The lowest BCUT2D eigenvalue weighted by atomic mass is 9.78. The van der Waals surface area contributed by atoms with Gasteiger partial charge in [-0.05, 0) is 68.4 Å². The van der Waals surface area contributed by atoms with Crippen LogP contribution in [0.3, 0.4) is 0 Å². The molecular weight excluding hydrogens is 304 g/mol. The summed E-state index contributed by atoms with van der Waals surface area (Å²) in [5.74, 6) is 2.08. The van der Waals surface area contributed by atoms with Gasteiger partial charge in [0.25, 0.3) is 0 Å². The van der Waals surface area contributed by atoms with Gasteiger partial charge < -0.3 is 4.57 Å². The first-order valence-electron chi connectivity index (χ1n) is 10.2. The maximum atomic E-state index is 5.14. The Kier molecular flexibility index (Phi) is 3.13. The molecule has 2 unspecified atom stereocenters. The van der Waals surface area contributed by atoms with E-state index >= 15 is 0 Å². The lowest BCUT2D eigenvalue weighted by Gasteiger charge is -2.39. The molecule has 0 amide bonds. The highest BCUT2D eigenvalue weighted by atomic mass is 15.2. The number of benzene rings is 1. The molecule has 0 bridgehead atoms. The summed E-state index contributed by atoms with van der Waals surface area (Å²) in [5.41, 5.74) is 7.93. The second-order valence-electron chi connectivity index (χ2n) is 9.00. The number of fused-ring (bicyclic) bond motifs is 4. The summed E-state index contributed by atoms with van der Waals surface area (Å²) < 4.78 is 2.66. The molecule has 2 heteroatoms. The number of nitrogens with zero attached hydrogens (tertiary/aromatic N) is 2. The molecule has 2 aliphatic carbocycles. The van der Waals surface area contributed by atoms with Crippen molar-refractivity contribution >= 4 is 0 Å². The van der Waals surface area contributed by atoms with Crippen LogP contribution in [-0.4, -0.2) is 9.55 Å². The zero-order valence-corrected chi connectivity index (χ0v) is 16.2. The van der Waals surface area contributed by atoms with Crippen LogP contribution in [0.15, 0.2) is 18.2 Å². The monoisotopic (exact) mass is 334 g/mol. The van der Waals surface area contributed by atoms with E-state index in [0.29, 0.717) is 11.0 Å². The van der Waals surface area contributed by atoms with Gasteiger partial charge in [0.1, 0.15) is 5.82 Å². The maximum Gasteiger partial charge on any atom is 0.141 e. The summed E-state index contributed by atoms with van der Waals surface area (Å²) in [6.07, 6.45) is 9.14. The molecule has 0 saturated heterocycles. The molecule has 2 saturated carbocycles. The van der Waals surface area contributed by atoms with Crippen molar-refractivity contribution in [1.82, 2.24) is 9.55 Å². The highest BCUT2D eigenvalue weighted by molar-refractivity contribution is 5.71. The van der Waals surface area contributed by atoms with Gasteiger partial charge >= 0.3 is 0 Å². The maximum absolute atomic E-state index is 5.14. The molecule has 1 aliphatic heterocycles. The van der Waals surface area contributed by atoms with Crippen LogP contribution in [-0.2, 0) is 17.4 Å². The fourth-order valence-corrected chi connectivity index (χ4v) is 6.20. The van der Waals surface area contributed by atoms with Crippen molar-refractivity contribution in [2.45, 2.75) is 83.6 Å². The standard InChI is InChI=1S/C23H30N2/c1-5-23(13-15(23)2)19-10-8-9-18-14-22(11-6-7-12-22)25-17(4)16(3)24-21(25)20(18)19/h8-10,15H,5-7,11-14H2,1-4H3. The van der Waals surface area contributed by atoms with E-state index in [9.17, 15) is 0 Å². The Morgan fingerprint density at radius 1 is 1.20 bits per heavy atom. The van der Waals surface area contributed by atoms with Crippen molar-refractivity contribution in [2.24, 2.45) is 5.92 Å². The third-order valence-corrected chi connectivity index (χ3v) is 7.87. The number of hydrogen-bond acceptors (Lipinski definition) is 1. The molecule has 2 aromatic rings. The molecule has 5 rings (SSSR count). The molecule has 2 nitrogen and oxygen atoms in total. The van der Waals surface area contributed by atoms with Crippen LogP contribution < -0.4 is 0 Å². The lowest BCUT2D eigenvalue weighted by molar-refractivity contribution is 0.281. The highest BCUT2D eigenvalue weighted by Gasteiger charge is 2.53. The van der Waals surface area contributed by atoms with E-state index < -0.39 is 0 Å². The molecule has 2 fully saturated rings. The number of imidazole rings is 1. The fourth-order valence-electron chi connectivity index (χ4n) is 6.20. The Balaban J connectivity index is 1.79. The average molecular weight is 335 g/mol. The summed E-state index contributed by atoms with van der Waals surface area (Å²) >= 11 is 0. The molecule has 3 aliphatic rings. The van der Waals surface area contributed by atoms with Crippen LogP contribution in [0.25, 0.3) is 11.4 Å². The van der Waals surface area contributed by atoms with Crippen LogP contribution in [0.1, 0.15) is 74.9 Å². The first-order chi connectivity index (χ1) is 12.0. The average Bonchev–Trinajstić information content (AvgIpc) is 2.89. The molecule has 132 valence electrons. The minimum absolute atomic E-state index is 0.293. The molecule has 2 heterocycles. The zero-order valence-electron chi connectivity index (χ0n) is 16.2. The van der Waals surface area contributed by atoms with Gasteiger partial charge in [0.15, 0.2) is 0 Å². The van der Waals surface area contributed by atoms with Crippen LogP contribution in [0.4, 0.5) is 0 Å². The molecule has 2 atom stereocenters. The topological polar surface area (TPSA) is 17.8 Å². The predicted molar refractivity (Wildman–Crippen MR) is 103 cm³/mol. The van der Waals surface area contributed by atoms with E-state index in [0.717, 1.165) is 5.92 Å². The number of aromatic nitrogens is 2. The molecule has 1 aromatic heterocycles. The largest absolute Gasteiger partial charge is 0.322 e. The summed E-state index contributed by atoms with van der Waals surface area (Å²) in [6.45, 7) is 9.27. The van der Waals surface area contributed by atoms with Gasteiger partial charge in [-0.15, -0.1) is 0 Å². The Labute approximate surface area is 151 Å². The first kappa shape index (κ1) is 15.7. The number of rotatable bonds is 2. The van der Waals surface area contributed by atoms with Gasteiger partial charge in [-0.1, -0.05) is 44.9 Å². The van der Waals surface area contributed by atoms with Gasteiger partial charge in [-0.2, -0.15) is 0 Å². The smallest absolute Gasteiger partial charge is 0.141 e. The summed E-state index contributed by atoms with van der Waals surface area (Å²) in [5, 5.41) is 0. The molecule has 0 N–H and O–H groups in total. The quantitative estimate of drug-likeness (QED) is 0.691. The normalized spacial score (nSPS) is 28.9. The number of aryl methyl sites for hydroxylation is 1. The van der Waals surface area contributed by atoms with E-state index in [4.69, 9.17) is 4.98 Å². The van der Waals surface area contributed by atoms with Gasteiger partial charge in [0.05, 0.1) is 11.2 Å². The first-order valence-corrected chi connectivity index (χ1v) is 10.2. The Hall–Kier alpha value is -1.57. The second-order valence-corrected chi connectivity index (χ2v) is 9.00. The third kappa shape index (κ3) is 1.89. The summed E-state index contributed by atoms with van der Waals surface area (Å²) in [7, 11) is 0. The zero-order chi connectivity index (χ0) is 17.4. The van der Waals surface area contributed by atoms with Gasteiger partial charge in [-0.25, -0.2) is 4.98 Å². The van der Waals surface area contributed by atoms with Crippen molar-refractivity contribution in [3.05, 3.63) is 40.7 Å². The van der Waals surface area contributed by atoms with Crippen molar-refractivity contribution in [3.63, 3.8) is 0 Å². The lowest BCUT2D eigenvalue weighted by Crippen LogP contribution is -2.38. The molecule has 1 aromatic carbocycles. The molecule has 0 radical (unpaired) electrons. The third-order valence-electron chi connectivity index (χ3n) is 7.87. The van der Waals surface area contributed by atoms with Crippen molar-refractivity contribution in [2.75, 3.05) is 0 Å². The van der Waals surface area contributed by atoms with Crippen molar-refractivity contribution < 1.29 is 0 Å². The minimum atomic E-state index is 0.293. The Morgan fingerprint density at radius 2 is 1.92 bits per heavy atom. The Morgan fingerprint density at radius 3 is 2.56 bits per heavy atom. The van der Waals surface area contributed by atoms with Gasteiger partial charge in [0.2, 0.25) is 0 Å². The van der Waals surface area contributed by atoms with Crippen LogP contribution >= 0.6 is 0 Å². The minimum Gasteiger partial charge on any atom is -0.322 e. The van der Waals surface area contributed by atoms with Crippen molar-refractivity contribution in [1.29, 1.82) is 0 Å². The second kappa shape index (κ2) is 4.99. The van der Waals surface area contributed by atoms with E-state index in [2.05, 4.69) is 50.5 Å². The molecule has 25 heavy (non-hydrogen) atoms. The van der Waals surface area contributed by atoms with E-state index in [1.807, 2.05) is 0 Å². The van der Waals surface area contributed by atoms with Crippen LogP contribution in [0.2, 0.25) is 0 Å². The summed E-state index contributed by atoms with van der Waals surface area (Å²) in [4.78, 5) is 5.14. The summed E-state index contributed by atoms with van der Waals surface area (Å²) in [6, 6.07) is 7.11. The SMILES string of the molecule is CCC1(c2cccc3c2-c2nc(C)c(C)n2C2(CCCC2)C3)CC1C. The number of hydrogen-bond donors (Lipinski definition) is 0. The fraction of sp³-hybridized carbons (Fsp3) is 0.609. The highest BCUT2D eigenvalue weighted by Crippen LogP contribution is 2.60. The predicted octanol–water partition coefficient (Wildman–Crippen LogP) is 5.68. The van der Waals surface area contributed by atoms with Gasteiger partial charge in [-0.3, -0.25) is 0 Å². The molecule has 1 spiro atoms. The van der Waals surface area contributed by atoms with Crippen LogP contribution in [0.5, 0.6) is 0 Å². The van der Waals surface area contributed by atoms with Crippen LogP contribution in [0, 0.1) is 19.8 Å². The van der Waals surface area contributed by atoms with E-state index in [-0.39, 0.29) is 0 Å². The van der Waals surface area contributed by atoms with E-state index in [1.54, 1.807) is 11.1 Å². The Bertz CT molecular complexity index is 849. The van der Waals surface area contributed by atoms with E-state index in [1.165, 1.54) is 67.7 Å². The van der Waals surface area contributed by atoms with Crippen molar-refractivity contribution in [3.8, 4) is 11.4 Å². The van der Waals surface area contributed by atoms with Gasteiger partial charge in [0, 0.05) is 11.3 Å². The molecular formula is C23H30N2.